The summed E-state index contributed by atoms with van der Waals surface area (Å²) in [5.41, 5.74) is 7.78. The van der Waals surface area contributed by atoms with Gasteiger partial charge < -0.3 is 15.7 Å². The lowest BCUT2D eigenvalue weighted by atomic mass is 10.2. The molecule has 0 aliphatic carbocycles. The van der Waals surface area contributed by atoms with Crippen molar-refractivity contribution in [3.8, 4) is 0 Å². The predicted octanol–water partition coefficient (Wildman–Crippen LogP) is 2.92. The molecule has 25 heavy (non-hydrogen) atoms. The van der Waals surface area contributed by atoms with Crippen LogP contribution in [0.15, 0.2) is 35.5 Å². The Morgan fingerprint density at radius 2 is 2.08 bits per heavy atom. The molecule has 1 saturated heterocycles. The number of nitrogen functional groups attached to an aromatic ring is 1. The van der Waals surface area contributed by atoms with E-state index in [1.807, 2.05) is 18.2 Å². The minimum atomic E-state index is 0.105. The van der Waals surface area contributed by atoms with Crippen molar-refractivity contribution in [2.45, 2.75) is 29.8 Å². The second-order valence-electron chi connectivity index (χ2n) is 5.98. The largest absolute Gasteiger partial charge is 0.394 e. The fourth-order valence-electron chi connectivity index (χ4n) is 3.09. The number of hydrogen-bond donors (Lipinski definition) is 2. The van der Waals surface area contributed by atoms with Crippen molar-refractivity contribution in [3.05, 3.63) is 35.9 Å². The van der Waals surface area contributed by atoms with E-state index in [1.165, 1.54) is 16.9 Å². The van der Waals surface area contributed by atoms with Gasteiger partial charge in [-0.2, -0.15) is 0 Å². The van der Waals surface area contributed by atoms with Crippen molar-refractivity contribution in [3.63, 3.8) is 0 Å². The van der Waals surface area contributed by atoms with E-state index < -0.39 is 0 Å². The maximum atomic E-state index is 9.67. The molecule has 1 aromatic carbocycles. The summed E-state index contributed by atoms with van der Waals surface area (Å²) in [6.07, 6.45) is 2.03. The Labute approximate surface area is 154 Å². The Morgan fingerprint density at radius 1 is 1.24 bits per heavy atom. The van der Waals surface area contributed by atoms with Crippen LogP contribution >= 0.6 is 23.1 Å². The SMILES string of the molecule is Nc1nc2nc(SCc3ccccc3)nc(N3CCCC3CO)c2s1. The Hall–Kier alpha value is -1.90. The highest BCUT2D eigenvalue weighted by Gasteiger charge is 2.28. The second kappa shape index (κ2) is 7.15. The van der Waals surface area contributed by atoms with Crippen LogP contribution in [0.4, 0.5) is 10.9 Å². The van der Waals surface area contributed by atoms with Crippen molar-refractivity contribution >= 4 is 44.4 Å². The molecule has 130 valence electrons. The van der Waals surface area contributed by atoms with Crippen molar-refractivity contribution in [2.75, 3.05) is 23.8 Å². The lowest BCUT2D eigenvalue weighted by Crippen LogP contribution is -2.32. The lowest BCUT2D eigenvalue weighted by molar-refractivity contribution is 0.266. The zero-order valence-corrected chi connectivity index (χ0v) is 15.3. The van der Waals surface area contributed by atoms with Gasteiger partial charge >= 0.3 is 0 Å². The zero-order chi connectivity index (χ0) is 17.2. The maximum absolute atomic E-state index is 9.67. The van der Waals surface area contributed by atoms with Gasteiger partial charge in [0, 0.05) is 12.3 Å². The van der Waals surface area contributed by atoms with Crippen molar-refractivity contribution in [1.82, 2.24) is 15.0 Å². The van der Waals surface area contributed by atoms with Crippen LogP contribution in [-0.4, -0.2) is 39.3 Å². The van der Waals surface area contributed by atoms with Gasteiger partial charge in [0.05, 0.1) is 12.6 Å². The molecule has 0 radical (unpaired) electrons. The highest BCUT2D eigenvalue weighted by molar-refractivity contribution is 7.98. The number of fused-ring (bicyclic) bond motifs is 1. The number of nitrogens with two attached hydrogens (primary N) is 1. The molecule has 0 amide bonds. The number of hydrogen-bond acceptors (Lipinski definition) is 8. The molecule has 0 bridgehead atoms. The third kappa shape index (κ3) is 3.42. The zero-order valence-electron chi connectivity index (χ0n) is 13.6. The molecule has 1 fully saturated rings. The van der Waals surface area contributed by atoms with Crippen LogP contribution < -0.4 is 10.6 Å². The van der Waals surface area contributed by atoms with Gasteiger partial charge in [-0.05, 0) is 18.4 Å². The summed E-state index contributed by atoms with van der Waals surface area (Å²) in [6.45, 7) is 1.02. The summed E-state index contributed by atoms with van der Waals surface area (Å²) in [5.74, 6) is 1.65. The smallest absolute Gasteiger partial charge is 0.191 e. The molecule has 0 saturated carbocycles. The Bertz CT molecular complexity index is 870. The van der Waals surface area contributed by atoms with Crippen LogP contribution in [-0.2, 0) is 5.75 Å². The fraction of sp³-hybridized carbons (Fsp3) is 0.353. The van der Waals surface area contributed by atoms with Crippen LogP contribution in [0.5, 0.6) is 0 Å². The van der Waals surface area contributed by atoms with E-state index in [9.17, 15) is 5.11 Å². The van der Waals surface area contributed by atoms with E-state index in [0.29, 0.717) is 15.9 Å². The highest BCUT2D eigenvalue weighted by atomic mass is 32.2. The average molecular weight is 374 g/mol. The monoisotopic (exact) mass is 373 g/mol. The van der Waals surface area contributed by atoms with Crippen molar-refractivity contribution in [1.29, 1.82) is 0 Å². The van der Waals surface area contributed by atoms with Gasteiger partial charge in [-0.1, -0.05) is 53.4 Å². The number of anilines is 2. The topological polar surface area (TPSA) is 88.2 Å². The van der Waals surface area contributed by atoms with E-state index >= 15 is 0 Å². The molecule has 3 N–H and O–H groups in total. The number of benzene rings is 1. The first-order chi connectivity index (χ1) is 12.2. The number of rotatable bonds is 5. The summed E-state index contributed by atoms with van der Waals surface area (Å²) in [5, 5.41) is 10.9. The summed E-state index contributed by atoms with van der Waals surface area (Å²) in [7, 11) is 0. The van der Waals surface area contributed by atoms with Gasteiger partial charge in [0.1, 0.15) is 4.70 Å². The molecule has 1 aliphatic rings. The first-order valence-electron chi connectivity index (χ1n) is 8.23. The maximum Gasteiger partial charge on any atom is 0.191 e. The number of aromatic nitrogens is 3. The van der Waals surface area contributed by atoms with E-state index in [-0.39, 0.29) is 12.6 Å². The van der Waals surface area contributed by atoms with Crippen LogP contribution in [0.25, 0.3) is 10.3 Å². The number of aliphatic hydroxyl groups is 1. The van der Waals surface area contributed by atoms with Gasteiger partial charge in [-0.25, -0.2) is 15.0 Å². The second-order valence-corrected chi connectivity index (χ2v) is 7.95. The first-order valence-corrected chi connectivity index (χ1v) is 10.0. The molecular formula is C17H19N5OS2. The van der Waals surface area contributed by atoms with Gasteiger partial charge in [0.15, 0.2) is 21.8 Å². The Balaban J connectivity index is 1.68. The normalized spacial score (nSPS) is 17.5. The van der Waals surface area contributed by atoms with E-state index in [1.54, 1.807) is 11.8 Å². The van der Waals surface area contributed by atoms with Crippen molar-refractivity contribution in [2.24, 2.45) is 0 Å². The van der Waals surface area contributed by atoms with E-state index in [0.717, 1.165) is 35.7 Å². The van der Waals surface area contributed by atoms with E-state index in [2.05, 4.69) is 27.0 Å². The summed E-state index contributed by atoms with van der Waals surface area (Å²) in [6, 6.07) is 10.4. The summed E-state index contributed by atoms with van der Waals surface area (Å²) < 4.78 is 0.905. The van der Waals surface area contributed by atoms with Crippen LogP contribution in [0, 0.1) is 0 Å². The molecule has 6 nitrogen and oxygen atoms in total. The Morgan fingerprint density at radius 3 is 2.88 bits per heavy atom. The van der Waals surface area contributed by atoms with Crippen LogP contribution in [0.3, 0.4) is 0 Å². The van der Waals surface area contributed by atoms with Crippen LogP contribution in [0.2, 0.25) is 0 Å². The molecule has 1 unspecified atom stereocenters. The molecule has 8 heteroatoms. The lowest BCUT2D eigenvalue weighted by Gasteiger charge is -2.24. The summed E-state index contributed by atoms with van der Waals surface area (Å²) >= 11 is 3.00. The molecule has 4 rings (SSSR count). The fourth-order valence-corrected chi connectivity index (χ4v) is 4.66. The number of thioether (sulfide) groups is 1. The third-order valence-electron chi connectivity index (χ3n) is 4.30. The standard InChI is InChI=1S/C17H19N5OS2/c18-16-19-14-13(25-16)15(22-8-4-7-12(22)9-23)21-17(20-14)24-10-11-5-2-1-3-6-11/h1-3,5-6,12,23H,4,7-10H2,(H2,18,19,20,21). The third-order valence-corrected chi connectivity index (χ3v) is 6.09. The molecule has 0 spiro atoms. The van der Waals surface area contributed by atoms with Gasteiger partial charge in [0.2, 0.25) is 0 Å². The minimum Gasteiger partial charge on any atom is -0.394 e. The number of nitrogens with zero attached hydrogens (tertiary/aromatic N) is 4. The van der Waals surface area contributed by atoms with Gasteiger partial charge in [0.25, 0.3) is 0 Å². The quantitative estimate of drug-likeness (QED) is 0.525. The number of thiazole rings is 1. The molecule has 3 heterocycles. The summed E-state index contributed by atoms with van der Waals surface area (Å²) in [4.78, 5) is 15.9. The van der Waals surface area contributed by atoms with E-state index in [4.69, 9.17) is 10.7 Å². The van der Waals surface area contributed by atoms with Crippen LogP contribution in [0.1, 0.15) is 18.4 Å². The molecule has 1 aliphatic heterocycles. The van der Waals surface area contributed by atoms with Crippen molar-refractivity contribution < 1.29 is 5.11 Å². The Kier molecular flexibility index (Phi) is 4.74. The molecular weight excluding hydrogens is 354 g/mol. The minimum absolute atomic E-state index is 0.105. The highest BCUT2D eigenvalue weighted by Crippen LogP contribution is 2.36. The molecule has 1 atom stereocenters. The van der Waals surface area contributed by atoms with Gasteiger partial charge in [-0.15, -0.1) is 0 Å². The molecule has 2 aromatic heterocycles. The first kappa shape index (κ1) is 16.6. The average Bonchev–Trinajstić information content (AvgIpc) is 3.25. The number of aliphatic hydroxyl groups excluding tert-OH is 1. The molecule has 3 aromatic rings. The van der Waals surface area contributed by atoms with Gasteiger partial charge in [-0.3, -0.25) is 0 Å². The predicted molar refractivity (Wildman–Crippen MR) is 103 cm³/mol.